The van der Waals surface area contributed by atoms with Crippen molar-refractivity contribution in [2.24, 2.45) is 0 Å². The lowest BCUT2D eigenvalue weighted by molar-refractivity contribution is 0.0937. The first-order valence-corrected chi connectivity index (χ1v) is 9.34. The number of hydrogen-bond acceptors (Lipinski definition) is 3. The Bertz CT molecular complexity index is 622. The molecular formula is C16H24N2O3S. The van der Waals surface area contributed by atoms with Crippen LogP contribution in [0.5, 0.6) is 0 Å². The van der Waals surface area contributed by atoms with E-state index < -0.39 is 10.0 Å². The second kappa shape index (κ2) is 7.24. The number of carbonyl (C=O) groups excluding carboxylic acids is 1. The molecule has 122 valence electrons. The number of hydrogen-bond donors (Lipinski definition) is 2. The smallest absolute Gasteiger partial charge is 0.251 e. The van der Waals surface area contributed by atoms with Crippen LogP contribution in [0.1, 0.15) is 56.3 Å². The molecule has 0 aliphatic heterocycles. The molecule has 5 nitrogen and oxygen atoms in total. The van der Waals surface area contributed by atoms with Gasteiger partial charge in [-0.25, -0.2) is 13.1 Å². The summed E-state index contributed by atoms with van der Waals surface area (Å²) in [6, 6.07) is 6.28. The van der Waals surface area contributed by atoms with Crippen LogP contribution < -0.4 is 10.0 Å². The highest BCUT2D eigenvalue weighted by Crippen LogP contribution is 2.19. The Hall–Kier alpha value is -1.40. The van der Waals surface area contributed by atoms with E-state index in [1.165, 1.54) is 12.1 Å². The summed E-state index contributed by atoms with van der Waals surface area (Å²) in [4.78, 5) is 12.4. The lowest BCUT2D eigenvalue weighted by Gasteiger charge is -2.14. The number of rotatable bonds is 6. The largest absolute Gasteiger partial charge is 0.349 e. The molecule has 1 aliphatic rings. The molecule has 6 heteroatoms. The van der Waals surface area contributed by atoms with E-state index in [1.54, 1.807) is 12.1 Å². The maximum Gasteiger partial charge on any atom is 0.251 e. The third kappa shape index (κ3) is 4.30. The SMILES string of the molecule is CCC(C)NS(=O)(=O)c1cccc(C(=O)NC2CCCC2)c1. The van der Waals surface area contributed by atoms with E-state index in [4.69, 9.17) is 0 Å². The standard InChI is InChI=1S/C16H24N2O3S/c1-3-12(2)18-22(20,21)15-10-6-7-13(11-15)16(19)17-14-8-4-5-9-14/h6-7,10-12,14,18H,3-5,8-9H2,1-2H3,(H,17,19). The van der Waals surface area contributed by atoms with Crippen molar-refractivity contribution < 1.29 is 13.2 Å². The second-order valence-corrected chi connectivity index (χ2v) is 7.63. The summed E-state index contributed by atoms with van der Waals surface area (Å²) in [6.07, 6.45) is 4.98. The quantitative estimate of drug-likeness (QED) is 0.844. The predicted octanol–water partition coefficient (Wildman–Crippen LogP) is 2.44. The normalized spacial score (nSPS) is 17.4. The fourth-order valence-corrected chi connectivity index (χ4v) is 3.93. The van der Waals surface area contributed by atoms with E-state index in [0.717, 1.165) is 25.7 Å². The Balaban J connectivity index is 2.13. The third-order valence-electron chi connectivity index (χ3n) is 4.07. The highest BCUT2D eigenvalue weighted by atomic mass is 32.2. The van der Waals surface area contributed by atoms with Crippen LogP contribution in [0.25, 0.3) is 0 Å². The molecule has 1 unspecified atom stereocenters. The van der Waals surface area contributed by atoms with Crippen molar-refractivity contribution >= 4 is 15.9 Å². The molecule has 22 heavy (non-hydrogen) atoms. The fraction of sp³-hybridized carbons (Fsp3) is 0.562. The summed E-state index contributed by atoms with van der Waals surface area (Å²) in [5.41, 5.74) is 0.388. The maximum atomic E-state index is 12.3. The average molecular weight is 324 g/mol. The van der Waals surface area contributed by atoms with Crippen LogP contribution >= 0.6 is 0 Å². The van der Waals surface area contributed by atoms with Crippen molar-refractivity contribution in [2.45, 2.75) is 62.9 Å². The molecule has 2 N–H and O–H groups in total. The molecule has 1 saturated carbocycles. The molecular weight excluding hydrogens is 300 g/mol. The summed E-state index contributed by atoms with van der Waals surface area (Å²) >= 11 is 0. The van der Waals surface area contributed by atoms with Gasteiger partial charge >= 0.3 is 0 Å². The van der Waals surface area contributed by atoms with E-state index in [2.05, 4.69) is 10.0 Å². The van der Waals surface area contributed by atoms with Gasteiger partial charge in [0.05, 0.1) is 4.90 Å². The Kier molecular flexibility index (Phi) is 5.58. The van der Waals surface area contributed by atoms with Gasteiger partial charge in [-0.15, -0.1) is 0 Å². The summed E-state index contributed by atoms with van der Waals surface area (Å²) in [5, 5.41) is 2.97. The minimum atomic E-state index is -3.58. The van der Waals surface area contributed by atoms with E-state index in [-0.39, 0.29) is 22.9 Å². The third-order valence-corrected chi connectivity index (χ3v) is 5.65. The second-order valence-electron chi connectivity index (χ2n) is 5.91. The molecule has 1 aliphatic carbocycles. The van der Waals surface area contributed by atoms with Gasteiger partial charge in [0.2, 0.25) is 10.0 Å². The first-order valence-electron chi connectivity index (χ1n) is 7.85. The van der Waals surface area contributed by atoms with E-state index in [9.17, 15) is 13.2 Å². The lowest BCUT2D eigenvalue weighted by atomic mass is 10.2. The molecule has 0 aromatic heterocycles. The monoisotopic (exact) mass is 324 g/mol. The molecule has 2 rings (SSSR count). The van der Waals surface area contributed by atoms with Crippen LogP contribution in [0.2, 0.25) is 0 Å². The Morgan fingerprint density at radius 2 is 2.00 bits per heavy atom. The Morgan fingerprint density at radius 1 is 1.32 bits per heavy atom. The maximum absolute atomic E-state index is 12.3. The van der Waals surface area contributed by atoms with Crippen LogP contribution in [0, 0.1) is 0 Å². The van der Waals surface area contributed by atoms with Gasteiger partial charge in [-0.05, 0) is 44.4 Å². The van der Waals surface area contributed by atoms with E-state index in [0.29, 0.717) is 12.0 Å². The number of benzene rings is 1. The molecule has 1 aromatic carbocycles. The van der Waals surface area contributed by atoms with Crippen molar-refractivity contribution in [1.82, 2.24) is 10.0 Å². The van der Waals surface area contributed by atoms with Crippen LogP contribution in [-0.4, -0.2) is 26.4 Å². The lowest BCUT2D eigenvalue weighted by Crippen LogP contribution is -2.33. The highest BCUT2D eigenvalue weighted by molar-refractivity contribution is 7.89. The highest BCUT2D eigenvalue weighted by Gasteiger charge is 2.20. The molecule has 1 atom stereocenters. The van der Waals surface area contributed by atoms with Crippen LogP contribution in [-0.2, 0) is 10.0 Å². The van der Waals surface area contributed by atoms with Crippen molar-refractivity contribution in [3.05, 3.63) is 29.8 Å². The number of sulfonamides is 1. The van der Waals surface area contributed by atoms with Gasteiger partial charge in [0, 0.05) is 17.6 Å². The first-order chi connectivity index (χ1) is 10.4. The van der Waals surface area contributed by atoms with Gasteiger partial charge in [-0.2, -0.15) is 0 Å². The van der Waals surface area contributed by atoms with Crippen molar-refractivity contribution in [1.29, 1.82) is 0 Å². The molecule has 0 saturated heterocycles. The zero-order valence-corrected chi connectivity index (χ0v) is 13.9. The molecule has 1 amide bonds. The van der Waals surface area contributed by atoms with Gasteiger partial charge in [0.1, 0.15) is 0 Å². The van der Waals surface area contributed by atoms with Gasteiger partial charge in [-0.3, -0.25) is 4.79 Å². The number of amides is 1. The molecule has 0 bridgehead atoms. The molecule has 1 aromatic rings. The molecule has 1 fully saturated rings. The topological polar surface area (TPSA) is 75.3 Å². The van der Waals surface area contributed by atoms with Crippen LogP contribution in [0.4, 0.5) is 0 Å². The number of nitrogens with one attached hydrogen (secondary N) is 2. The van der Waals surface area contributed by atoms with Gasteiger partial charge in [0.25, 0.3) is 5.91 Å². The molecule has 0 spiro atoms. The fourth-order valence-electron chi connectivity index (χ4n) is 2.56. The Labute approximate surface area is 132 Å². The van der Waals surface area contributed by atoms with Crippen molar-refractivity contribution in [3.63, 3.8) is 0 Å². The summed E-state index contributed by atoms with van der Waals surface area (Å²) in [7, 11) is -3.58. The molecule has 0 heterocycles. The Morgan fingerprint density at radius 3 is 2.64 bits per heavy atom. The van der Waals surface area contributed by atoms with Crippen molar-refractivity contribution in [2.75, 3.05) is 0 Å². The summed E-state index contributed by atoms with van der Waals surface area (Å²) < 4.78 is 27.2. The van der Waals surface area contributed by atoms with Crippen molar-refractivity contribution in [3.8, 4) is 0 Å². The van der Waals surface area contributed by atoms with E-state index in [1.807, 2.05) is 13.8 Å². The van der Waals surface area contributed by atoms with Gasteiger partial charge < -0.3 is 5.32 Å². The zero-order valence-electron chi connectivity index (χ0n) is 13.1. The van der Waals surface area contributed by atoms with E-state index >= 15 is 0 Å². The predicted molar refractivity (Wildman–Crippen MR) is 86.2 cm³/mol. The summed E-state index contributed by atoms with van der Waals surface area (Å²) in [6.45, 7) is 3.73. The van der Waals surface area contributed by atoms with Gasteiger partial charge in [-0.1, -0.05) is 25.8 Å². The zero-order chi connectivity index (χ0) is 16.2. The average Bonchev–Trinajstić information content (AvgIpc) is 2.99. The molecule has 0 radical (unpaired) electrons. The van der Waals surface area contributed by atoms with Crippen LogP contribution in [0.15, 0.2) is 29.2 Å². The van der Waals surface area contributed by atoms with Crippen LogP contribution in [0.3, 0.4) is 0 Å². The van der Waals surface area contributed by atoms with Gasteiger partial charge in [0.15, 0.2) is 0 Å². The minimum absolute atomic E-state index is 0.131. The number of carbonyl (C=O) groups is 1. The minimum Gasteiger partial charge on any atom is -0.349 e. The summed E-state index contributed by atoms with van der Waals surface area (Å²) in [5.74, 6) is -0.201. The first kappa shape index (κ1) is 17.0.